The van der Waals surface area contributed by atoms with Crippen LogP contribution in [0.1, 0.15) is 278 Å². The summed E-state index contributed by atoms with van der Waals surface area (Å²) >= 11 is 0. The van der Waals surface area contributed by atoms with Crippen LogP contribution in [0.2, 0.25) is 0 Å². The zero-order chi connectivity index (χ0) is 53.3. The largest absolute Gasteiger partial charge is 0.508 e. The monoisotopic (exact) mass is 1030 g/mol. The summed E-state index contributed by atoms with van der Waals surface area (Å²) in [5.41, 5.74) is 0. The molecule has 0 aliphatic rings. The van der Waals surface area contributed by atoms with E-state index >= 15 is 0 Å². The van der Waals surface area contributed by atoms with E-state index in [0.29, 0.717) is 25.9 Å². The van der Waals surface area contributed by atoms with Crippen LogP contribution in [0.4, 0.5) is 4.79 Å². The van der Waals surface area contributed by atoms with Crippen molar-refractivity contribution < 1.29 is 42.9 Å². The van der Waals surface area contributed by atoms with Crippen LogP contribution < -0.4 is 0 Å². The van der Waals surface area contributed by atoms with E-state index in [-0.39, 0.29) is 50.5 Å². The number of esters is 3. The highest BCUT2D eigenvalue weighted by Gasteiger charge is 2.21. The average Bonchev–Trinajstić information content (AvgIpc) is 3.38. The zero-order valence-electron chi connectivity index (χ0n) is 48.0. The maximum Gasteiger partial charge on any atom is 0.508 e. The van der Waals surface area contributed by atoms with Crippen molar-refractivity contribution in [3.05, 3.63) is 48.6 Å². The lowest BCUT2D eigenvalue weighted by Crippen LogP contribution is -2.31. The van der Waals surface area contributed by atoms with Crippen molar-refractivity contribution in [1.82, 2.24) is 4.90 Å². The third-order valence-corrected chi connectivity index (χ3v) is 13.3. The van der Waals surface area contributed by atoms with Crippen LogP contribution in [0, 0.1) is 0 Å². The molecule has 424 valence electrons. The molecule has 0 bridgehead atoms. The molecule has 1 unspecified atom stereocenters. The number of unbranched alkanes of at least 4 members (excludes halogenated alkanes) is 25. The molecule has 73 heavy (non-hydrogen) atoms. The van der Waals surface area contributed by atoms with E-state index in [4.69, 9.17) is 23.7 Å². The van der Waals surface area contributed by atoms with Gasteiger partial charge in [-0.25, -0.2) is 4.79 Å². The van der Waals surface area contributed by atoms with E-state index < -0.39 is 18.2 Å². The summed E-state index contributed by atoms with van der Waals surface area (Å²) < 4.78 is 28.2. The molecule has 0 radical (unpaired) electrons. The van der Waals surface area contributed by atoms with Crippen LogP contribution >= 0.6 is 0 Å². The Balaban J connectivity index is 5.06. The van der Waals surface area contributed by atoms with E-state index in [2.05, 4.69) is 81.2 Å². The van der Waals surface area contributed by atoms with Crippen LogP contribution in [0.25, 0.3) is 0 Å². The first-order valence-corrected chi connectivity index (χ1v) is 30.4. The van der Waals surface area contributed by atoms with E-state index in [0.717, 1.165) is 129 Å². The summed E-state index contributed by atoms with van der Waals surface area (Å²) in [6.45, 7) is 10.5. The van der Waals surface area contributed by atoms with Gasteiger partial charge in [0.25, 0.3) is 0 Å². The van der Waals surface area contributed by atoms with Crippen LogP contribution in [-0.4, -0.2) is 81.1 Å². The number of allylic oxidation sites excluding steroid dienone is 8. The topological polar surface area (TPSA) is 118 Å². The molecular weight excluding hydrogens is 915 g/mol. The predicted molar refractivity (Wildman–Crippen MR) is 305 cm³/mol. The molecule has 10 nitrogen and oxygen atoms in total. The van der Waals surface area contributed by atoms with E-state index in [1.807, 2.05) is 7.05 Å². The summed E-state index contributed by atoms with van der Waals surface area (Å²) in [5.74, 6) is -1.17. The van der Waals surface area contributed by atoms with Crippen LogP contribution in [0.15, 0.2) is 48.6 Å². The standard InChI is InChI=1S/C63H113NO9/c1-6-10-13-16-19-22-25-27-29-31-33-36-39-42-45-51-60(65)70-56-59(57-71-61(66)52-46-43-40-37-34-32-30-28-26-23-20-17-14-11-7-2)72-62(67)53-47-50-58(73-63(68)69-55-48-54-64(5)9-4)49-44-41-38-35-24-21-18-15-12-8-3/h19-20,22-23,27-30,58-59H,6-18,21,24-26,31-57H2,1-5H3/b22-19-,23-20-,29-27-,30-28-. The lowest BCUT2D eigenvalue weighted by Gasteiger charge is -2.20. The third kappa shape index (κ3) is 53.2. The van der Waals surface area contributed by atoms with Crippen molar-refractivity contribution in [2.45, 2.75) is 290 Å². The van der Waals surface area contributed by atoms with Gasteiger partial charge in [-0.3, -0.25) is 14.4 Å². The Hall–Kier alpha value is -3.40. The van der Waals surface area contributed by atoms with E-state index in [9.17, 15) is 19.2 Å². The zero-order valence-corrected chi connectivity index (χ0v) is 48.0. The van der Waals surface area contributed by atoms with Crippen molar-refractivity contribution in [3.8, 4) is 0 Å². The highest BCUT2D eigenvalue weighted by Crippen LogP contribution is 2.18. The highest BCUT2D eigenvalue weighted by atomic mass is 16.7. The van der Waals surface area contributed by atoms with Gasteiger partial charge >= 0.3 is 24.1 Å². The number of carbonyl (C=O) groups excluding carboxylic acids is 4. The van der Waals surface area contributed by atoms with Gasteiger partial charge in [0, 0.05) is 25.8 Å². The van der Waals surface area contributed by atoms with Crippen molar-refractivity contribution >= 4 is 24.1 Å². The third-order valence-electron chi connectivity index (χ3n) is 13.3. The molecule has 0 spiro atoms. The van der Waals surface area contributed by atoms with Gasteiger partial charge in [-0.15, -0.1) is 0 Å². The van der Waals surface area contributed by atoms with Crippen LogP contribution in [0.3, 0.4) is 0 Å². The van der Waals surface area contributed by atoms with Crippen molar-refractivity contribution in [1.29, 1.82) is 0 Å². The lowest BCUT2D eigenvalue weighted by molar-refractivity contribution is -0.167. The Morgan fingerprint density at radius 1 is 0.384 bits per heavy atom. The Kier molecular flexibility index (Phi) is 53.7. The normalized spacial score (nSPS) is 12.3. The summed E-state index contributed by atoms with van der Waals surface area (Å²) in [7, 11) is 2.03. The molecule has 0 aromatic carbocycles. The lowest BCUT2D eigenvalue weighted by atomic mass is 10.0. The first-order valence-electron chi connectivity index (χ1n) is 30.4. The molecule has 0 aromatic heterocycles. The maximum absolute atomic E-state index is 13.2. The molecule has 0 aliphatic carbocycles. The molecule has 0 amide bonds. The minimum atomic E-state index is -0.907. The van der Waals surface area contributed by atoms with Gasteiger partial charge in [0.1, 0.15) is 19.3 Å². The molecule has 0 aromatic rings. The fourth-order valence-electron chi connectivity index (χ4n) is 8.45. The van der Waals surface area contributed by atoms with Gasteiger partial charge in [-0.2, -0.15) is 0 Å². The smallest absolute Gasteiger partial charge is 0.462 e. The molecule has 0 N–H and O–H groups in total. The second-order valence-electron chi connectivity index (χ2n) is 20.4. The summed E-state index contributed by atoms with van der Waals surface area (Å²) in [6.07, 6.45) is 55.6. The fourth-order valence-corrected chi connectivity index (χ4v) is 8.45. The maximum atomic E-state index is 13.2. The Labute approximate surface area is 449 Å². The molecule has 0 rings (SSSR count). The quantitative estimate of drug-likeness (QED) is 0.0252. The minimum Gasteiger partial charge on any atom is -0.462 e. The molecule has 0 fully saturated rings. The molecule has 0 heterocycles. The Morgan fingerprint density at radius 2 is 0.767 bits per heavy atom. The van der Waals surface area contributed by atoms with Gasteiger partial charge < -0.3 is 28.6 Å². The van der Waals surface area contributed by atoms with Crippen molar-refractivity contribution in [2.75, 3.05) is 40.0 Å². The Bertz CT molecular complexity index is 1310. The van der Waals surface area contributed by atoms with Crippen molar-refractivity contribution in [3.63, 3.8) is 0 Å². The molecule has 0 saturated heterocycles. The van der Waals surface area contributed by atoms with Gasteiger partial charge in [0.05, 0.1) is 6.61 Å². The summed E-state index contributed by atoms with van der Waals surface area (Å²) in [5, 5.41) is 0. The number of carbonyl (C=O) groups is 4. The number of ether oxygens (including phenoxy) is 5. The summed E-state index contributed by atoms with van der Waals surface area (Å²) in [6, 6.07) is 0. The fraction of sp³-hybridized carbons (Fsp3) is 0.810. The Morgan fingerprint density at radius 3 is 1.23 bits per heavy atom. The second kappa shape index (κ2) is 56.3. The molecule has 0 saturated carbocycles. The van der Waals surface area contributed by atoms with Gasteiger partial charge in [0.15, 0.2) is 6.10 Å². The van der Waals surface area contributed by atoms with E-state index in [1.54, 1.807) is 0 Å². The predicted octanol–water partition coefficient (Wildman–Crippen LogP) is 18.0. The van der Waals surface area contributed by atoms with E-state index in [1.165, 1.54) is 96.3 Å². The highest BCUT2D eigenvalue weighted by molar-refractivity contribution is 5.71. The number of nitrogens with zero attached hydrogens (tertiary/aromatic N) is 1. The average molecular weight is 1030 g/mol. The van der Waals surface area contributed by atoms with Crippen LogP contribution in [0.5, 0.6) is 0 Å². The first kappa shape index (κ1) is 69.6. The van der Waals surface area contributed by atoms with Gasteiger partial charge in [-0.1, -0.05) is 198 Å². The molecule has 1 atom stereocenters. The van der Waals surface area contributed by atoms with Crippen LogP contribution in [-0.2, 0) is 38.1 Å². The number of rotatable bonds is 54. The molecular formula is C63H113NO9. The first-order chi connectivity index (χ1) is 35.7. The number of hydrogen-bond donors (Lipinski definition) is 0. The minimum absolute atomic E-state index is 0.0899. The summed E-state index contributed by atoms with van der Waals surface area (Å²) in [4.78, 5) is 53.7. The van der Waals surface area contributed by atoms with Gasteiger partial charge in [0.2, 0.25) is 0 Å². The molecule has 10 heteroatoms. The second-order valence-corrected chi connectivity index (χ2v) is 20.4. The number of hydrogen-bond acceptors (Lipinski definition) is 10. The SMILES string of the molecule is CCCCC/C=C\C/C=C\CCCCCCCC(=O)OCC(COC(=O)CCCCCCC/C=C\C/C=C\CCCCC)OC(=O)CCCC(CCCCCCCCCCCC)OC(=O)OCCCN(C)CC. The molecule has 0 aliphatic heterocycles. The van der Waals surface area contributed by atoms with Crippen molar-refractivity contribution in [2.24, 2.45) is 0 Å². The van der Waals surface area contributed by atoms with Gasteiger partial charge in [-0.05, 0) is 123 Å².